The van der Waals surface area contributed by atoms with Crippen LogP contribution in [0.15, 0.2) is 24.4 Å². The van der Waals surface area contributed by atoms with Crippen molar-refractivity contribution in [3.63, 3.8) is 0 Å². The third-order valence-corrected chi connectivity index (χ3v) is 5.83. The maximum atomic E-state index is 11.9. The van der Waals surface area contributed by atoms with Gasteiger partial charge in [0, 0.05) is 36.7 Å². The molecule has 2 fully saturated rings. The van der Waals surface area contributed by atoms with Crippen LogP contribution in [-0.4, -0.2) is 67.5 Å². The zero-order valence-corrected chi connectivity index (χ0v) is 18.4. The van der Waals surface area contributed by atoms with E-state index in [2.05, 4.69) is 30.5 Å². The summed E-state index contributed by atoms with van der Waals surface area (Å²) >= 11 is 0. The van der Waals surface area contributed by atoms with Crippen LogP contribution in [0.1, 0.15) is 25.5 Å². The fourth-order valence-corrected chi connectivity index (χ4v) is 4.02. The van der Waals surface area contributed by atoms with Crippen molar-refractivity contribution in [2.24, 2.45) is 0 Å². The number of amides is 2. The minimum atomic E-state index is -3.27. The predicted molar refractivity (Wildman–Crippen MR) is 117 cm³/mol. The molecule has 1 atom stereocenters. The van der Waals surface area contributed by atoms with E-state index in [4.69, 9.17) is 4.74 Å². The molecule has 0 bridgehead atoms. The molecule has 2 aliphatic rings. The van der Waals surface area contributed by atoms with Crippen LogP contribution in [-0.2, 0) is 20.3 Å². The molecule has 2 amide bonds. The van der Waals surface area contributed by atoms with Crippen molar-refractivity contribution < 1.29 is 17.9 Å². The molecular weight excluding hydrogens is 420 g/mol. The Balaban J connectivity index is 1.60. The van der Waals surface area contributed by atoms with Crippen LogP contribution >= 0.6 is 0 Å². The van der Waals surface area contributed by atoms with Gasteiger partial charge < -0.3 is 15.0 Å². The van der Waals surface area contributed by atoms with Gasteiger partial charge in [-0.3, -0.25) is 5.32 Å². The zero-order valence-electron chi connectivity index (χ0n) is 17.5. The summed E-state index contributed by atoms with van der Waals surface area (Å²) in [5, 5.41) is 5.54. The van der Waals surface area contributed by atoms with Crippen LogP contribution in [0.3, 0.4) is 0 Å². The van der Waals surface area contributed by atoms with Gasteiger partial charge in [-0.05, 0) is 31.9 Å². The maximum Gasteiger partial charge on any atom is 0.320 e. The van der Waals surface area contributed by atoms with E-state index in [0.29, 0.717) is 48.5 Å². The van der Waals surface area contributed by atoms with Gasteiger partial charge in [-0.15, -0.1) is 0 Å². The summed E-state index contributed by atoms with van der Waals surface area (Å²) in [4.78, 5) is 27.4. The van der Waals surface area contributed by atoms with E-state index in [1.807, 2.05) is 6.92 Å². The van der Waals surface area contributed by atoms with Gasteiger partial charge in [-0.1, -0.05) is 0 Å². The standard InChI is InChI=1S/C20H26N6O4S/c1-13-11-30-8-7-26(13)18-9-16(12-31(2,28)29)22-19(25-18)14-3-6-17(21-10-14)24-20(27)23-15-4-5-15/h3,6,9-10,13,15H,4-5,7-8,11-12H2,1-2H3,(H2,21,23,24,27)/t13-/m0/s1. The van der Waals surface area contributed by atoms with E-state index >= 15 is 0 Å². The molecule has 11 heteroatoms. The molecular formula is C20H26N6O4S. The normalized spacial score (nSPS) is 19.2. The highest BCUT2D eigenvalue weighted by Gasteiger charge is 2.24. The second-order valence-corrected chi connectivity index (χ2v) is 10.2. The predicted octanol–water partition coefficient (Wildman–Crippen LogP) is 1.59. The Bertz CT molecular complexity index is 1060. The van der Waals surface area contributed by atoms with E-state index < -0.39 is 9.84 Å². The number of carbonyl (C=O) groups excluding carboxylic acids is 1. The maximum absolute atomic E-state index is 11.9. The number of pyridine rings is 1. The van der Waals surface area contributed by atoms with Crippen molar-refractivity contribution in [1.82, 2.24) is 20.3 Å². The third kappa shape index (κ3) is 5.88. The molecule has 166 valence electrons. The highest BCUT2D eigenvalue weighted by atomic mass is 32.2. The third-order valence-electron chi connectivity index (χ3n) is 5.01. The molecule has 1 saturated heterocycles. The Morgan fingerprint density at radius 1 is 1.29 bits per heavy atom. The van der Waals surface area contributed by atoms with Gasteiger partial charge in [0.1, 0.15) is 11.6 Å². The van der Waals surface area contributed by atoms with Gasteiger partial charge in [-0.2, -0.15) is 0 Å². The van der Waals surface area contributed by atoms with Gasteiger partial charge in [0.15, 0.2) is 15.7 Å². The fraction of sp³-hybridized carbons (Fsp3) is 0.500. The Labute approximate surface area is 181 Å². The molecule has 1 aliphatic heterocycles. The summed E-state index contributed by atoms with van der Waals surface area (Å²) in [6.07, 6.45) is 4.76. The summed E-state index contributed by atoms with van der Waals surface area (Å²) in [5.41, 5.74) is 1.05. The smallest absolute Gasteiger partial charge is 0.320 e. The molecule has 31 heavy (non-hydrogen) atoms. The molecule has 2 N–H and O–H groups in total. The first-order valence-electron chi connectivity index (χ1n) is 10.2. The molecule has 3 heterocycles. The van der Waals surface area contributed by atoms with Crippen molar-refractivity contribution in [3.05, 3.63) is 30.1 Å². The molecule has 0 aromatic carbocycles. The molecule has 2 aromatic rings. The second kappa shape index (κ2) is 8.75. The Hall–Kier alpha value is -2.79. The van der Waals surface area contributed by atoms with Crippen molar-refractivity contribution in [2.75, 3.05) is 36.2 Å². The van der Waals surface area contributed by atoms with Crippen molar-refractivity contribution in [1.29, 1.82) is 0 Å². The number of carbonyl (C=O) groups is 1. The summed E-state index contributed by atoms with van der Waals surface area (Å²) in [7, 11) is -3.27. The molecule has 1 saturated carbocycles. The minimum absolute atomic E-state index is 0.109. The molecule has 10 nitrogen and oxygen atoms in total. The van der Waals surface area contributed by atoms with Crippen LogP contribution in [0.25, 0.3) is 11.4 Å². The number of anilines is 2. The number of sulfone groups is 1. The number of nitrogens with zero attached hydrogens (tertiary/aromatic N) is 4. The van der Waals surface area contributed by atoms with Gasteiger partial charge in [0.05, 0.1) is 30.7 Å². The number of morpholine rings is 1. The highest BCUT2D eigenvalue weighted by Crippen LogP contribution is 2.24. The van der Waals surface area contributed by atoms with Crippen LogP contribution in [0.2, 0.25) is 0 Å². The van der Waals surface area contributed by atoms with E-state index in [0.717, 1.165) is 12.8 Å². The number of aromatic nitrogens is 3. The quantitative estimate of drug-likeness (QED) is 0.685. The van der Waals surface area contributed by atoms with E-state index in [1.165, 1.54) is 6.26 Å². The van der Waals surface area contributed by atoms with Crippen LogP contribution in [0.4, 0.5) is 16.4 Å². The van der Waals surface area contributed by atoms with Gasteiger partial charge in [0.25, 0.3) is 0 Å². The van der Waals surface area contributed by atoms with Crippen LogP contribution < -0.4 is 15.5 Å². The molecule has 0 spiro atoms. The molecule has 1 aliphatic carbocycles. The first-order valence-corrected chi connectivity index (χ1v) is 12.3. The van der Waals surface area contributed by atoms with Crippen molar-refractivity contribution in [3.8, 4) is 11.4 Å². The zero-order chi connectivity index (χ0) is 22.0. The first-order chi connectivity index (χ1) is 14.8. The number of ether oxygens (including phenoxy) is 1. The Kier molecular flexibility index (Phi) is 6.05. The lowest BCUT2D eigenvalue weighted by molar-refractivity contribution is 0.0985. The topological polar surface area (TPSA) is 126 Å². The Morgan fingerprint density at radius 2 is 2.10 bits per heavy atom. The average Bonchev–Trinajstić information content (AvgIpc) is 3.51. The first kappa shape index (κ1) is 21.4. The van der Waals surface area contributed by atoms with E-state index in [1.54, 1.807) is 24.4 Å². The van der Waals surface area contributed by atoms with E-state index in [-0.39, 0.29) is 23.9 Å². The molecule has 4 rings (SSSR count). The summed E-state index contributed by atoms with van der Waals surface area (Å²) in [6, 6.07) is 5.23. The van der Waals surface area contributed by atoms with Gasteiger partial charge in [0.2, 0.25) is 0 Å². The molecule has 0 radical (unpaired) electrons. The SMILES string of the molecule is C[C@H]1COCCN1c1cc(CS(C)(=O)=O)nc(-c2ccc(NC(=O)NC3CC3)nc2)n1. The number of hydrogen-bond donors (Lipinski definition) is 2. The monoisotopic (exact) mass is 446 g/mol. The largest absolute Gasteiger partial charge is 0.377 e. The lowest BCUT2D eigenvalue weighted by atomic mass is 10.2. The van der Waals surface area contributed by atoms with Crippen molar-refractivity contribution >= 4 is 27.5 Å². The van der Waals surface area contributed by atoms with E-state index in [9.17, 15) is 13.2 Å². The lowest BCUT2D eigenvalue weighted by Gasteiger charge is -2.34. The molecule has 0 unspecified atom stereocenters. The summed E-state index contributed by atoms with van der Waals surface area (Å²) < 4.78 is 29.3. The van der Waals surface area contributed by atoms with Crippen molar-refractivity contribution in [2.45, 2.75) is 37.6 Å². The fourth-order valence-electron chi connectivity index (χ4n) is 3.33. The number of urea groups is 1. The number of nitrogens with one attached hydrogen (secondary N) is 2. The summed E-state index contributed by atoms with van der Waals surface area (Å²) in [6.45, 7) is 3.85. The number of hydrogen-bond acceptors (Lipinski definition) is 8. The lowest BCUT2D eigenvalue weighted by Crippen LogP contribution is -2.44. The average molecular weight is 447 g/mol. The highest BCUT2D eigenvalue weighted by molar-refractivity contribution is 7.89. The Morgan fingerprint density at radius 3 is 2.74 bits per heavy atom. The van der Waals surface area contributed by atoms with Gasteiger partial charge in [-0.25, -0.2) is 28.2 Å². The summed E-state index contributed by atoms with van der Waals surface area (Å²) in [5.74, 6) is 1.28. The van der Waals surface area contributed by atoms with Crippen LogP contribution in [0.5, 0.6) is 0 Å². The molecule has 2 aromatic heterocycles. The second-order valence-electron chi connectivity index (χ2n) is 8.03. The number of rotatable bonds is 6. The van der Waals surface area contributed by atoms with Crippen LogP contribution in [0, 0.1) is 0 Å². The van der Waals surface area contributed by atoms with Gasteiger partial charge >= 0.3 is 6.03 Å². The minimum Gasteiger partial charge on any atom is -0.377 e.